The van der Waals surface area contributed by atoms with Gasteiger partial charge in [-0.3, -0.25) is 9.89 Å². The third-order valence-corrected chi connectivity index (χ3v) is 2.12. The molecule has 0 spiro atoms. The Labute approximate surface area is 91.5 Å². The molecule has 0 radical (unpaired) electrons. The summed E-state index contributed by atoms with van der Waals surface area (Å²) in [4.78, 5) is 11.7. The molecular weight excluding hydrogens is 209 g/mol. The topological polar surface area (TPSA) is 57.8 Å². The number of carbonyl (C=O) groups excluding carboxylic acids is 1. The van der Waals surface area contributed by atoms with Gasteiger partial charge in [-0.2, -0.15) is 5.10 Å². The molecule has 0 atom stereocenters. The molecule has 0 unspecified atom stereocenters. The minimum Gasteiger partial charge on any atom is -0.319 e. The Kier molecular flexibility index (Phi) is 2.68. The number of halogens is 1. The average Bonchev–Trinajstić information content (AvgIpc) is 2.74. The van der Waals surface area contributed by atoms with Crippen LogP contribution in [0.1, 0.15) is 15.9 Å². The highest BCUT2D eigenvalue weighted by Gasteiger charge is 2.12. The number of aromatic amines is 1. The molecule has 16 heavy (non-hydrogen) atoms. The highest BCUT2D eigenvalue weighted by Crippen LogP contribution is 2.12. The van der Waals surface area contributed by atoms with Crippen molar-refractivity contribution in [1.29, 1.82) is 0 Å². The predicted octanol–water partition coefficient (Wildman–Crippen LogP) is 2.11. The van der Waals surface area contributed by atoms with Crippen molar-refractivity contribution in [3.05, 3.63) is 47.5 Å². The van der Waals surface area contributed by atoms with Crippen LogP contribution >= 0.6 is 0 Å². The molecule has 2 aromatic rings. The number of H-pyrrole nitrogens is 1. The number of carbonyl (C=O) groups is 1. The van der Waals surface area contributed by atoms with E-state index >= 15 is 0 Å². The van der Waals surface area contributed by atoms with Crippen LogP contribution in [0.15, 0.2) is 30.6 Å². The number of rotatable bonds is 2. The quantitative estimate of drug-likeness (QED) is 0.812. The summed E-state index contributed by atoms with van der Waals surface area (Å²) in [5, 5.41) is 8.76. The van der Waals surface area contributed by atoms with Gasteiger partial charge >= 0.3 is 0 Å². The van der Waals surface area contributed by atoms with E-state index in [0.29, 0.717) is 5.69 Å². The number of hydrogen-bond donors (Lipinski definition) is 2. The van der Waals surface area contributed by atoms with Crippen molar-refractivity contribution in [2.75, 3.05) is 5.32 Å². The molecule has 0 aliphatic heterocycles. The molecule has 1 aromatic carbocycles. The predicted molar refractivity (Wildman–Crippen MR) is 57.7 cm³/mol. The molecule has 0 saturated carbocycles. The molecule has 0 saturated heterocycles. The number of aromatic nitrogens is 2. The maximum atomic E-state index is 13.4. The van der Waals surface area contributed by atoms with Crippen LogP contribution in [0, 0.1) is 12.7 Å². The van der Waals surface area contributed by atoms with Crippen molar-refractivity contribution >= 4 is 11.6 Å². The fourth-order valence-electron chi connectivity index (χ4n) is 1.33. The summed E-state index contributed by atoms with van der Waals surface area (Å²) in [7, 11) is 0. The van der Waals surface area contributed by atoms with E-state index in [4.69, 9.17) is 0 Å². The van der Waals surface area contributed by atoms with Gasteiger partial charge in [0.2, 0.25) is 0 Å². The zero-order valence-electron chi connectivity index (χ0n) is 8.62. The van der Waals surface area contributed by atoms with Crippen LogP contribution in [0.4, 0.5) is 10.1 Å². The van der Waals surface area contributed by atoms with Gasteiger partial charge in [0.25, 0.3) is 5.91 Å². The van der Waals surface area contributed by atoms with Gasteiger partial charge in [0, 0.05) is 6.20 Å². The van der Waals surface area contributed by atoms with Gasteiger partial charge < -0.3 is 5.32 Å². The van der Waals surface area contributed by atoms with Crippen molar-refractivity contribution in [2.45, 2.75) is 6.92 Å². The lowest BCUT2D eigenvalue weighted by atomic mass is 10.1. The molecule has 4 nitrogen and oxygen atoms in total. The zero-order chi connectivity index (χ0) is 11.5. The first-order valence-electron chi connectivity index (χ1n) is 4.73. The van der Waals surface area contributed by atoms with Gasteiger partial charge in [0.1, 0.15) is 5.82 Å². The first-order chi connectivity index (χ1) is 7.66. The minimum atomic E-state index is -0.536. The number of nitrogens with zero attached hydrogens (tertiary/aromatic N) is 1. The number of aryl methyl sites for hydroxylation is 1. The van der Waals surface area contributed by atoms with Gasteiger partial charge in [-0.25, -0.2) is 4.39 Å². The standard InChI is InChI=1S/C11H10FN3O/c1-7-2-3-10(12)9(4-7)11(16)15-8-5-13-14-6-8/h2-6H,1H3,(H,13,14)(H,15,16). The third kappa shape index (κ3) is 2.08. The zero-order valence-corrected chi connectivity index (χ0v) is 8.62. The van der Waals surface area contributed by atoms with Crippen LogP contribution in [0.3, 0.4) is 0 Å². The summed E-state index contributed by atoms with van der Waals surface area (Å²) < 4.78 is 13.4. The minimum absolute atomic E-state index is 0.0289. The van der Waals surface area contributed by atoms with Crippen molar-refractivity contribution in [3.63, 3.8) is 0 Å². The molecular formula is C11H10FN3O. The Morgan fingerprint density at radius 1 is 1.50 bits per heavy atom. The van der Waals surface area contributed by atoms with Gasteiger partial charge in [-0.15, -0.1) is 0 Å². The molecule has 2 N–H and O–H groups in total. The first kappa shape index (κ1) is 10.4. The molecule has 82 valence electrons. The van der Waals surface area contributed by atoms with Crippen molar-refractivity contribution < 1.29 is 9.18 Å². The average molecular weight is 219 g/mol. The highest BCUT2D eigenvalue weighted by molar-refractivity contribution is 6.04. The molecule has 1 heterocycles. The third-order valence-electron chi connectivity index (χ3n) is 2.12. The Bertz CT molecular complexity index is 508. The molecule has 5 heteroatoms. The first-order valence-corrected chi connectivity index (χ1v) is 4.73. The van der Waals surface area contributed by atoms with Crippen LogP contribution in [0.2, 0.25) is 0 Å². The van der Waals surface area contributed by atoms with Crippen LogP contribution in [-0.2, 0) is 0 Å². The van der Waals surface area contributed by atoms with Crippen molar-refractivity contribution in [1.82, 2.24) is 10.2 Å². The van der Waals surface area contributed by atoms with E-state index in [1.54, 1.807) is 13.0 Å². The summed E-state index contributed by atoms with van der Waals surface area (Å²) in [6.45, 7) is 1.80. The van der Waals surface area contributed by atoms with Crippen LogP contribution in [0.5, 0.6) is 0 Å². The number of nitrogens with one attached hydrogen (secondary N) is 2. The second kappa shape index (κ2) is 4.14. The molecule has 1 amide bonds. The van der Waals surface area contributed by atoms with E-state index in [9.17, 15) is 9.18 Å². The maximum Gasteiger partial charge on any atom is 0.258 e. The number of benzene rings is 1. The summed E-state index contributed by atoms with van der Waals surface area (Å²) >= 11 is 0. The lowest BCUT2D eigenvalue weighted by Gasteiger charge is -2.04. The second-order valence-corrected chi connectivity index (χ2v) is 3.42. The normalized spacial score (nSPS) is 10.1. The Balaban J connectivity index is 2.24. The fourth-order valence-corrected chi connectivity index (χ4v) is 1.33. The Morgan fingerprint density at radius 3 is 3.00 bits per heavy atom. The number of amides is 1. The fraction of sp³-hybridized carbons (Fsp3) is 0.0909. The molecule has 1 aromatic heterocycles. The summed E-state index contributed by atoms with van der Waals surface area (Å²) in [6, 6.07) is 4.40. The van der Waals surface area contributed by atoms with Gasteiger partial charge in [-0.1, -0.05) is 11.6 Å². The Hall–Kier alpha value is -2.17. The van der Waals surface area contributed by atoms with E-state index in [1.165, 1.54) is 24.5 Å². The maximum absolute atomic E-state index is 13.4. The van der Waals surface area contributed by atoms with E-state index < -0.39 is 11.7 Å². The molecule has 0 fully saturated rings. The van der Waals surface area contributed by atoms with E-state index in [0.717, 1.165) is 5.56 Å². The SMILES string of the molecule is Cc1ccc(F)c(C(=O)Nc2cn[nH]c2)c1. The van der Waals surface area contributed by atoms with E-state index in [2.05, 4.69) is 15.5 Å². The monoisotopic (exact) mass is 219 g/mol. The molecule has 0 aliphatic rings. The van der Waals surface area contributed by atoms with E-state index in [-0.39, 0.29) is 5.56 Å². The summed E-state index contributed by atoms with van der Waals surface area (Å²) in [6.07, 6.45) is 2.97. The number of hydrogen-bond acceptors (Lipinski definition) is 2. The summed E-state index contributed by atoms with van der Waals surface area (Å²) in [5.74, 6) is -1.02. The second-order valence-electron chi connectivity index (χ2n) is 3.42. The van der Waals surface area contributed by atoms with Crippen molar-refractivity contribution in [2.24, 2.45) is 0 Å². The van der Waals surface area contributed by atoms with Gasteiger partial charge in [-0.05, 0) is 19.1 Å². The van der Waals surface area contributed by atoms with Crippen LogP contribution in [0.25, 0.3) is 0 Å². The molecule has 2 rings (SSSR count). The van der Waals surface area contributed by atoms with E-state index in [1.807, 2.05) is 0 Å². The smallest absolute Gasteiger partial charge is 0.258 e. The van der Waals surface area contributed by atoms with Gasteiger partial charge in [0.05, 0.1) is 17.4 Å². The largest absolute Gasteiger partial charge is 0.319 e. The molecule has 0 aliphatic carbocycles. The lowest BCUT2D eigenvalue weighted by Crippen LogP contribution is -2.13. The molecule has 0 bridgehead atoms. The van der Waals surface area contributed by atoms with Crippen molar-refractivity contribution in [3.8, 4) is 0 Å². The van der Waals surface area contributed by atoms with Crippen LogP contribution < -0.4 is 5.32 Å². The highest BCUT2D eigenvalue weighted by atomic mass is 19.1. The number of anilines is 1. The summed E-state index contributed by atoms with van der Waals surface area (Å²) in [5.41, 5.74) is 1.37. The van der Waals surface area contributed by atoms with Crippen LogP contribution in [-0.4, -0.2) is 16.1 Å². The van der Waals surface area contributed by atoms with Gasteiger partial charge in [0.15, 0.2) is 0 Å². The Morgan fingerprint density at radius 2 is 2.31 bits per heavy atom. The lowest BCUT2D eigenvalue weighted by molar-refractivity contribution is 0.102.